The number of nitriles is 1. The predicted octanol–water partition coefficient (Wildman–Crippen LogP) is 1.35. The van der Waals surface area contributed by atoms with Crippen LogP contribution in [-0.4, -0.2) is 33.8 Å². The lowest BCUT2D eigenvalue weighted by atomic mass is 10.7. The van der Waals surface area contributed by atoms with Crippen LogP contribution in [0.25, 0.3) is 0 Å². The van der Waals surface area contributed by atoms with Crippen LogP contribution in [0, 0.1) is 11.3 Å². The Morgan fingerprint density at radius 3 is 2.12 bits per heavy atom. The van der Waals surface area contributed by atoms with Crippen molar-refractivity contribution in [3.8, 4) is 6.07 Å². The van der Waals surface area contributed by atoms with Crippen LogP contribution in [0.5, 0.6) is 0 Å². The summed E-state index contributed by atoms with van der Waals surface area (Å²) in [6, 6.07) is 2.04. The molecule has 1 aromatic rings. The maximum atomic E-state index is 8.50. The number of nitrogens with one attached hydrogen (secondary N) is 2. The van der Waals surface area contributed by atoms with E-state index >= 15 is 0 Å². The average molecular weight is 238 g/mol. The molecule has 0 aliphatic heterocycles. The van der Waals surface area contributed by atoms with Crippen LogP contribution in [0.1, 0.15) is 13.8 Å². The largest absolute Gasteiger partial charge is 0.354 e. The molecule has 7 heteroatoms. The van der Waals surface area contributed by atoms with E-state index < -0.39 is 0 Å². The Morgan fingerprint density at radius 1 is 1.12 bits per heavy atom. The Balaban J connectivity index is 2.85. The molecule has 0 radical (unpaired) electrons. The molecule has 0 aromatic carbocycles. The maximum Gasteiger partial charge on any atom is 0.228 e. The summed E-state index contributed by atoms with van der Waals surface area (Å²) in [5.41, 5.74) is 0. The van der Waals surface area contributed by atoms with Gasteiger partial charge in [0.1, 0.15) is 0 Å². The Kier molecular flexibility index (Phi) is 5.36. The van der Waals surface area contributed by atoms with Crippen molar-refractivity contribution in [1.29, 1.82) is 5.26 Å². The highest BCUT2D eigenvalue weighted by atomic mass is 32.2. The van der Waals surface area contributed by atoms with Crippen molar-refractivity contribution < 1.29 is 0 Å². The van der Waals surface area contributed by atoms with E-state index in [1.165, 1.54) is 11.8 Å². The third-order valence-corrected chi connectivity index (χ3v) is 2.26. The van der Waals surface area contributed by atoms with E-state index in [0.717, 1.165) is 13.1 Å². The zero-order valence-electron chi connectivity index (χ0n) is 9.32. The molecule has 0 fully saturated rings. The minimum absolute atomic E-state index is 0.334. The van der Waals surface area contributed by atoms with Gasteiger partial charge in [-0.15, -0.1) is 0 Å². The molecule has 1 heterocycles. The fourth-order valence-electron chi connectivity index (χ4n) is 0.992. The van der Waals surface area contributed by atoms with Gasteiger partial charge in [-0.2, -0.15) is 20.2 Å². The molecule has 0 bridgehead atoms. The number of anilines is 2. The van der Waals surface area contributed by atoms with E-state index in [1.807, 2.05) is 19.9 Å². The van der Waals surface area contributed by atoms with Gasteiger partial charge in [0.25, 0.3) is 0 Å². The molecule has 0 spiro atoms. The van der Waals surface area contributed by atoms with Gasteiger partial charge in [-0.1, -0.05) is 11.8 Å². The van der Waals surface area contributed by atoms with Gasteiger partial charge in [-0.25, -0.2) is 0 Å². The second kappa shape index (κ2) is 6.85. The van der Waals surface area contributed by atoms with Gasteiger partial charge in [0, 0.05) is 13.1 Å². The average Bonchev–Trinajstić information content (AvgIpc) is 2.27. The zero-order valence-corrected chi connectivity index (χ0v) is 10.1. The molecule has 6 nitrogen and oxygen atoms in total. The Morgan fingerprint density at radius 2 is 1.69 bits per heavy atom. The normalized spacial score (nSPS) is 9.56. The number of hydrogen-bond donors (Lipinski definition) is 2. The zero-order chi connectivity index (χ0) is 11.8. The van der Waals surface area contributed by atoms with Gasteiger partial charge in [-0.05, 0) is 13.8 Å². The highest BCUT2D eigenvalue weighted by Gasteiger charge is 2.05. The number of rotatable bonds is 6. The van der Waals surface area contributed by atoms with E-state index in [2.05, 4.69) is 25.6 Å². The van der Waals surface area contributed by atoms with Crippen LogP contribution < -0.4 is 10.6 Å². The molecule has 0 amide bonds. The summed E-state index contributed by atoms with van der Waals surface area (Å²) in [6.07, 6.45) is 0. The lowest BCUT2D eigenvalue weighted by molar-refractivity contribution is 0.895. The maximum absolute atomic E-state index is 8.50. The molecule has 1 aromatic heterocycles. The Hall–Kier alpha value is -1.55. The van der Waals surface area contributed by atoms with E-state index in [-0.39, 0.29) is 0 Å². The molecular formula is C9H14N6S. The molecule has 0 unspecified atom stereocenters. The summed E-state index contributed by atoms with van der Waals surface area (Å²) in [6.45, 7) is 5.44. The molecular weight excluding hydrogens is 224 g/mol. The molecule has 2 N–H and O–H groups in total. The van der Waals surface area contributed by atoms with E-state index in [0.29, 0.717) is 22.8 Å². The summed E-state index contributed by atoms with van der Waals surface area (Å²) < 4.78 is 0. The quantitative estimate of drug-likeness (QED) is 0.723. The molecule has 0 saturated heterocycles. The molecule has 0 saturated carbocycles. The van der Waals surface area contributed by atoms with Crippen LogP contribution in [0.15, 0.2) is 5.16 Å². The second-order valence-corrected chi connectivity index (χ2v) is 3.72. The molecule has 0 aliphatic carbocycles. The summed E-state index contributed by atoms with van der Waals surface area (Å²) in [7, 11) is 0. The Labute approximate surface area is 98.9 Å². The minimum atomic E-state index is 0.334. The van der Waals surface area contributed by atoms with Crippen LogP contribution in [0.2, 0.25) is 0 Å². The van der Waals surface area contributed by atoms with Crippen LogP contribution in [0.4, 0.5) is 11.9 Å². The van der Waals surface area contributed by atoms with Crippen molar-refractivity contribution in [3.63, 3.8) is 0 Å². The summed E-state index contributed by atoms with van der Waals surface area (Å²) in [5, 5.41) is 15.1. The highest BCUT2D eigenvalue weighted by molar-refractivity contribution is 7.99. The molecule has 86 valence electrons. The summed E-state index contributed by atoms with van der Waals surface area (Å²) >= 11 is 1.30. The first-order chi connectivity index (χ1) is 7.80. The van der Waals surface area contributed by atoms with E-state index in [4.69, 9.17) is 5.26 Å². The standard InChI is InChI=1S/C9H14N6S/c1-3-11-7-13-8(12-4-2)15-9(14-7)16-6-5-10/h3-4,6H2,1-2H3,(H2,11,12,13,14,15). The number of thioether (sulfide) groups is 1. The van der Waals surface area contributed by atoms with Gasteiger partial charge in [-0.3, -0.25) is 0 Å². The lowest BCUT2D eigenvalue weighted by Gasteiger charge is -2.06. The predicted molar refractivity (Wildman–Crippen MR) is 64.5 cm³/mol. The Bertz CT molecular complexity index is 351. The van der Waals surface area contributed by atoms with Gasteiger partial charge in [0.2, 0.25) is 11.9 Å². The van der Waals surface area contributed by atoms with Crippen LogP contribution in [-0.2, 0) is 0 Å². The first kappa shape index (κ1) is 12.5. The molecule has 1 rings (SSSR count). The molecule has 16 heavy (non-hydrogen) atoms. The lowest BCUT2D eigenvalue weighted by Crippen LogP contribution is -2.09. The SMILES string of the molecule is CCNc1nc(NCC)nc(SCC#N)n1. The highest BCUT2D eigenvalue weighted by Crippen LogP contribution is 2.15. The van der Waals surface area contributed by atoms with Gasteiger partial charge in [0.05, 0.1) is 11.8 Å². The third kappa shape index (κ3) is 3.90. The van der Waals surface area contributed by atoms with Crippen molar-refractivity contribution in [3.05, 3.63) is 0 Å². The van der Waals surface area contributed by atoms with Crippen molar-refractivity contribution >= 4 is 23.7 Å². The van der Waals surface area contributed by atoms with E-state index in [1.54, 1.807) is 0 Å². The van der Waals surface area contributed by atoms with Crippen molar-refractivity contribution in [2.75, 3.05) is 29.5 Å². The number of hydrogen-bond acceptors (Lipinski definition) is 7. The fourth-order valence-corrected chi connectivity index (χ4v) is 1.49. The van der Waals surface area contributed by atoms with Crippen molar-refractivity contribution in [2.45, 2.75) is 19.0 Å². The summed E-state index contributed by atoms with van der Waals surface area (Å²) in [4.78, 5) is 12.5. The smallest absolute Gasteiger partial charge is 0.228 e. The number of nitrogens with zero attached hydrogens (tertiary/aromatic N) is 4. The fraction of sp³-hybridized carbons (Fsp3) is 0.556. The van der Waals surface area contributed by atoms with Crippen molar-refractivity contribution in [1.82, 2.24) is 15.0 Å². The molecule has 0 aliphatic rings. The van der Waals surface area contributed by atoms with Crippen LogP contribution in [0.3, 0.4) is 0 Å². The monoisotopic (exact) mass is 238 g/mol. The van der Waals surface area contributed by atoms with Gasteiger partial charge >= 0.3 is 0 Å². The second-order valence-electron chi connectivity index (χ2n) is 2.77. The van der Waals surface area contributed by atoms with Crippen molar-refractivity contribution in [2.24, 2.45) is 0 Å². The molecule has 0 atom stereocenters. The first-order valence-electron chi connectivity index (χ1n) is 5.03. The van der Waals surface area contributed by atoms with E-state index in [9.17, 15) is 0 Å². The third-order valence-electron chi connectivity index (χ3n) is 1.55. The van der Waals surface area contributed by atoms with Crippen LogP contribution >= 0.6 is 11.8 Å². The number of aromatic nitrogens is 3. The van der Waals surface area contributed by atoms with Gasteiger partial charge in [0.15, 0.2) is 5.16 Å². The minimum Gasteiger partial charge on any atom is -0.354 e. The van der Waals surface area contributed by atoms with Gasteiger partial charge < -0.3 is 10.6 Å². The first-order valence-corrected chi connectivity index (χ1v) is 6.02. The summed E-state index contributed by atoms with van der Waals surface area (Å²) in [5.74, 6) is 1.41. The topological polar surface area (TPSA) is 86.5 Å².